The van der Waals surface area contributed by atoms with Gasteiger partial charge in [-0.3, -0.25) is 0 Å². The molecule has 6 heteroatoms. The molecule has 2 atom stereocenters. The summed E-state index contributed by atoms with van der Waals surface area (Å²) in [4.78, 5) is 24.9. The maximum atomic E-state index is 12.0. The van der Waals surface area contributed by atoms with E-state index in [1.165, 1.54) is 0 Å². The molecule has 0 aliphatic carbocycles. The van der Waals surface area contributed by atoms with Crippen LogP contribution in [0.4, 0.5) is 4.79 Å². The molecule has 0 spiro atoms. The zero-order valence-electron chi connectivity index (χ0n) is 11.9. The van der Waals surface area contributed by atoms with Crippen molar-refractivity contribution in [2.24, 2.45) is 5.73 Å². The number of urea groups is 1. The Hall–Kier alpha value is -2.08. The number of nitrogens with zero attached hydrogens (tertiary/aromatic N) is 1. The molecule has 1 aliphatic rings. The summed E-state index contributed by atoms with van der Waals surface area (Å²) in [6, 6.07) is 8.39. The Kier molecular flexibility index (Phi) is 5.16. The summed E-state index contributed by atoms with van der Waals surface area (Å²) in [7, 11) is 0. The highest BCUT2D eigenvalue weighted by Crippen LogP contribution is 2.09. The first-order valence-corrected chi connectivity index (χ1v) is 7.14. The molecule has 0 radical (unpaired) electrons. The Morgan fingerprint density at radius 3 is 2.67 bits per heavy atom. The molecular formula is C15H21N3O3. The molecule has 4 N–H and O–H groups in total. The highest BCUT2D eigenvalue weighted by Gasteiger charge is 2.27. The molecule has 1 aromatic carbocycles. The fourth-order valence-electron chi connectivity index (χ4n) is 2.43. The SMILES string of the molecule is NC1CCN(C(=O)NC(CCc2ccccc2)C(=O)O)C1. The average molecular weight is 291 g/mol. The van der Waals surface area contributed by atoms with Crippen LogP contribution in [-0.2, 0) is 11.2 Å². The third kappa shape index (κ3) is 4.46. The molecule has 0 bridgehead atoms. The third-order valence-corrected chi connectivity index (χ3v) is 3.67. The second-order valence-corrected chi connectivity index (χ2v) is 5.36. The summed E-state index contributed by atoms with van der Waals surface area (Å²) in [5.41, 5.74) is 6.81. The second-order valence-electron chi connectivity index (χ2n) is 5.36. The molecule has 2 rings (SSSR count). The van der Waals surface area contributed by atoms with Crippen LogP contribution in [-0.4, -0.2) is 47.2 Å². The Morgan fingerprint density at radius 1 is 1.38 bits per heavy atom. The molecule has 1 saturated heterocycles. The minimum absolute atomic E-state index is 0.0108. The molecule has 1 aliphatic heterocycles. The van der Waals surface area contributed by atoms with Crippen molar-refractivity contribution in [2.45, 2.75) is 31.3 Å². The predicted molar refractivity (Wildman–Crippen MR) is 78.9 cm³/mol. The quantitative estimate of drug-likeness (QED) is 0.748. The number of carboxylic acid groups (broad SMARTS) is 1. The van der Waals surface area contributed by atoms with Gasteiger partial charge in [0.25, 0.3) is 0 Å². The number of aliphatic carboxylic acids is 1. The number of aryl methyl sites for hydroxylation is 1. The topological polar surface area (TPSA) is 95.7 Å². The molecule has 1 fully saturated rings. The van der Waals surface area contributed by atoms with E-state index in [-0.39, 0.29) is 12.1 Å². The minimum atomic E-state index is -1.01. The highest BCUT2D eigenvalue weighted by atomic mass is 16.4. The van der Waals surface area contributed by atoms with Gasteiger partial charge >= 0.3 is 12.0 Å². The van der Waals surface area contributed by atoms with E-state index in [1.54, 1.807) is 4.90 Å². The Bertz CT molecular complexity index is 492. The van der Waals surface area contributed by atoms with Crippen LogP contribution < -0.4 is 11.1 Å². The smallest absolute Gasteiger partial charge is 0.326 e. The molecule has 21 heavy (non-hydrogen) atoms. The first kappa shape index (κ1) is 15.3. The summed E-state index contributed by atoms with van der Waals surface area (Å²) < 4.78 is 0. The van der Waals surface area contributed by atoms with Crippen molar-refractivity contribution in [1.82, 2.24) is 10.2 Å². The zero-order valence-corrected chi connectivity index (χ0v) is 11.9. The molecule has 2 amide bonds. The van der Waals surface area contributed by atoms with Gasteiger partial charge in [-0.2, -0.15) is 0 Å². The monoisotopic (exact) mass is 291 g/mol. The predicted octanol–water partition coefficient (Wildman–Crippen LogP) is 0.815. The van der Waals surface area contributed by atoms with E-state index in [1.807, 2.05) is 30.3 Å². The first-order valence-electron chi connectivity index (χ1n) is 7.14. The van der Waals surface area contributed by atoms with Gasteiger partial charge in [-0.1, -0.05) is 30.3 Å². The number of amides is 2. The lowest BCUT2D eigenvalue weighted by molar-refractivity contribution is -0.139. The molecule has 0 saturated carbocycles. The fraction of sp³-hybridized carbons (Fsp3) is 0.467. The van der Waals surface area contributed by atoms with Crippen molar-refractivity contribution in [1.29, 1.82) is 0 Å². The molecule has 0 aromatic heterocycles. The highest BCUT2D eigenvalue weighted by molar-refractivity contribution is 5.82. The Morgan fingerprint density at radius 2 is 2.10 bits per heavy atom. The van der Waals surface area contributed by atoms with Gasteiger partial charge < -0.3 is 21.1 Å². The third-order valence-electron chi connectivity index (χ3n) is 3.67. The lowest BCUT2D eigenvalue weighted by atomic mass is 10.1. The van der Waals surface area contributed by atoms with Gasteiger partial charge in [0.15, 0.2) is 0 Å². The summed E-state index contributed by atoms with van der Waals surface area (Å²) in [6.07, 6.45) is 1.73. The summed E-state index contributed by atoms with van der Waals surface area (Å²) in [5, 5.41) is 11.8. The normalized spacial score (nSPS) is 19.3. The molecular weight excluding hydrogens is 270 g/mol. The Labute approximate surface area is 123 Å². The zero-order chi connectivity index (χ0) is 15.2. The van der Waals surface area contributed by atoms with E-state index in [9.17, 15) is 14.7 Å². The number of rotatable bonds is 5. The van der Waals surface area contributed by atoms with Crippen molar-refractivity contribution in [2.75, 3.05) is 13.1 Å². The maximum absolute atomic E-state index is 12.0. The van der Waals surface area contributed by atoms with Crippen LogP contribution in [0.1, 0.15) is 18.4 Å². The van der Waals surface area contributed by atoms with Crippen LogP contribution in [0.3, 0.4) is 0 Å². The number of carboxylic acids is 1. The number of carbonyl (C=O) groups is 2. The van der Waals surface area contributed by atoms with E-state index < -0.39 is 12.0 Å². The number of nitrogens with one attached hydrogen (secondary N) is 1. The van der Waals surface area contributed by atoms with Crippen LogP contribution >= 0.6 is 0 Å². The standard InChI is InChI=1S/C15H21N3O3/c16-12-8-9-18(10-12)15(21)17-13(14(19)20)7-6-11-4-2-1-3-5-11/h1-5,12-13H,6-10,16H2,(H,17,21)(H,19,20). The second kappa shape index (κ2) is 7.08. The van der Waals surface area contributed by atoms with Gasteiger partial charge in [0.2, 0.25) is 0 Å². The summed E-state index contributed by atoms with van der Waals surface area (Å²) in [6.45, 7) is 1.06. The van der Waals surface area contributed by atoms with Gasteiger partial charge in [0.05, 0.1) is 0 Å². The van der Waals surface area contributed by atoms with Gasteiger partial charge in [-0.25, -0.2) is 9.59 Å². The molecule has 6 nitrogen and oxygen atoms in total. The van der Waals surface area contributed by atoms with E-state index in [2.05, 4.69) is 5.32 Å². The van der Waals surface area contributed by atoms with Crippen LogP contribution in [0.25, 0.3) is 0 Å². The summed E-state index contributed by atoms with van der Waals surface area (Å²) in [5.74, 6) is -1.01. The number of hydrogen-bond donors (Lipinski definition) is 3. The van der Waals surface area contributed by atoms with Crippen molar-refractivity contribution < 1.29 is 14.7 Å². The number of likely N-dealkylation sites (tertiary alicyclic amines) is 1. The van der Waals surface area contributed by atoms with Gasteiger partial charge in [-0.05, 0) is 24.8 Å². The largest absolute Gasteiger partial charge is 0.480 e. The maximum Gasteiger partial charge on any atom is 0.326 e. The minimum Gasteiger partial charge on any atom is -0.480 e. The van der Waals surface area contributed by atoms with Crippen LogP contribution in [0.15, 0.2) is 30.3 Å². The summed E-state index contributed by atoms with van der Waals surface area (Å²) >= 11 is 0. The first-order chi connectivity index (χ1) is 10.1. The van der Waals surface area contributed by atoms with E-state index in [0.717, 1.165) is 12.0 Å². The average Bonchev–Trinajstić information content (AvgIpc) is 2.90. The van der Waals surface area contributed by atoms with Crippen LogP contribution in [0, 0.1) is 0 Å². The van der Waals surface area contributed by atoms with Crippen molar-refractivity contribution in [3.8, 4) is 0 Å². The van der Waals surface area contributed by atoms with Gasteiger partial charge in [0.1, 0.15) is 6.04 Å². The molecule has 114 valence electrons. The fourth-order valence-corrected chi connectivity index (χ4v) is 2.43. The molecule has 1 heterocycles. The van der Waals surface area contributed by atoms with E-state index >= 15 is 0 Å². The van der Waals surface area contributed by atoms with E-state index in [4.69, 9.17) is 5.73 Å². The van der Waals surface area contributed by atoms with Crippen molar-refractivity contribution in [3.05, 3.63) is 35.9 Å². The van der Waals surface area contributed by atoms with Crippen molar-refractivity contribution in [3.63, 3.8) is 0 Å². The lowest BCUT2D eigenvalue weighted by Gasteiger charge is -2.20. The van der Waals surface area contributed by atoms with Crippen molar-refractivity contribution >= 4 is 12.0 Å². The van der Waals surface area contributed by atoms with Gasteiger partial charge in [-0.15, -0.1) is 0 Å². The number of benzene rings is 1. The van der Waals surface area contributed by atoms with Gasteiger partial charge in [0, 0.05) is 19.1 Å². The number of nitrogens with two attached hydrogens (primary N) is 1. The number of carbonyl (C=O) groups excluding carboxylic acids is 1. The van der Waals surface area contributed by atoms with E-state index in [0.29, 0.717) is 25.9 Å². The number of hydrogen-bond acceptors (Lipinski definition) is 3. The van der Waals surface area contributed by atoms with Crippen LogP contribution in [0.2, 0.25) is 0 Å². The Balaban J connectivity index is 1.87. The lowest BCUT2D eigenvalue weighted by Crippen LogP contribution is -2.47. The molecule has 1 aromatic rings. The van der Waals surface area contributed by atoms with Crippen LogP contribution in [0.5, 0.6) is 0 Å². The molecule has 2 unspecified atom stereocenters.